The largest absolute Gasteiger partial charge is 0.508 e. The Balaban J connectivity index is 1.61. The molecule has 2 heterocycles. The summed E-state index contributed by atoms with van der Waals surface area (Å²) in [4.78, 5) is 25.8. The first-order valence-corrected chi connectivity index (χ1v) is 12.0. The molecule has 0 aliphatic heterocycles. The molecule has 2 aromatic heterocycles. The second-order valence-electron chi connectivity index (χ2n) is 9.38. The van der Waals surface area contributed by atoms with E-state index in [1.807, 2.05) is 19.1 Å². The van der Waals surface area contributed by atoms with Crippen molar-refractivity contribution < 1.29 is 34.4 Å². The predicted octanol–water partition coefficient (Wildman–Crippen LogP) is 5.74. The van der Waals surface area contributed by atoms with Gasteiger partial charge in [0.2, 0.25) is 0 Å². The normalized spacial score (nSPS) is 11.3. The Hall–Kier alpha value is -5.70. The first-order chi connectivity index (χ1) is 19.1. The van der Waals surface area contributed by atoms with Crippen LogP contribution >= 0.6 is 0 Å². The highest BCUT2D eigenvalue weighted by atomic mass is 16.3. The molecule has 0 amide bonds. The van der Waals surface area contributed by atoms with Gasteiger partial charge in [-0.05, 0) is 25.1 Å². The molecule has 0 aliphatic carbocycles. The van der Waals surface area contributed by atoms with Crippen molar-refractivity contribution in [2.75, 3.05) is 0 Å². The first-order valence-electron chi connectivity index (χ1n) is 12.0. The zero-order valence-corrected chi connectivity index (χ0v) is 20.8. The molecule has 40 heavy (non-hydrogen) atoms. The van der Waals surface area contributed by atoms with Crippen molar-refractivity contribution in [1.82, 2.24) is 0 Å². The predicted molar refractivity (Wildman–Crippen MR) is 148 cm³/mol. The van der Waals surface area contributed by atoms with E-state index in [1.165, 1.54) is 30.3 Å². The van der Waals surface area contributed by atoms with Gasteiger partial charge in [0.05, 0.1) is 5.56 Å². The number of phenols is 5. The minimum absolute atomic E-state index is 0.0192. The molecule has 198 valence electrons. The molecule has 0 bridgehead atoms. The number of rotatable bonds is 3. The maximum atomic E-state index is 13.1. The van der Waals surface area contributed by atoms with Gasteiger partial charge in [-0.2, -0.15) is 0 Å². The van der Waals surface area contributed by atoms with Crippen LogP contribution in [0.15, 0.2) is 91.2 Å². The standard InChI is InChI=1S/C31H20O9/c1-14-2-4-15(5-3-14)25-13-24(38)30-22(36)11-21(35)28(31(30)40-25)18-8-16(6-7-19(18)33)26-12-23(37)29-20(34)9-17(32)10-27(29)39-26/h2-13,32-36H,1H3. The number of fused-ring (bicyclic) bond motifs is 2. The Labute approximate surface area is 224 Å². The fourth-order valence-corrected chi connectivity index (χ4v) is 4.71. The van der Waals surface area contributed by atoms with Gasteiger partial charge in [0.15, 0.2) is 16.4 Å². The maximum Gasteiger partial charge on any atom is 0.197 e. The molecule has 0 saturated heterocycles. The summed E-state index contributed by atoms with van der Waals surface area (Å²) in [5.41, 5.74) is 0.441. The lowest BCUT2D eigenvalue weighted by Crippen LogP contribution is -2.02. The molecule has 0 aliphatic rings. The monoisotopic (exact) mass is 536 g/mol. The molecule has 0 atom stereocenters. The fourth-order valence-electron chi connectivity index (χ4n) is 4.71. The van der Waals surface area contributed by atoms with E-state index in [-0.39, 0.29) is 61.6 Å². The summed E-state index contributed by atoms with van der Waals surface area (Å²) in [7, 11) is 0. The van der Waals surface area contributed by atoms with Crippen molar-refractivity contribution in [3.8, 4) is 62.5 Å². The molecule has 6 aromatic rings. The molecular weight excluding hydrogens is 516 g/mol. The molecule has 0 unspecified atom stereocenters. The molecule has 0 saturated carbocycles. The summed E-state index contributed by atoms with van der Waals surface area (Å²) < 4.78 is 11.8. The Morgan fingerprint density at radius 2 is 1.20 bits per heavy atom. The summed E-state index contributed by atoms with van der Waals surface area (Å²) >= 11 is 0. The zero-order valence-electron chi connectivity index (χ0n) is 20.8. The number of benzene rings is 4. The van der Waals surface area contributed by atoms with E-state index in [1.54, 1.807) is 12.1 Å². The van der Waals surface area contributed by atoms with Crippen LogP contribution in [0.2, 0.25) is 0 Å². The highest BCUT2D eigenvalue weighted by molar-refractivity contribution is 6.01. The Morgan fingerprint density at radius 1 is 0.575 bits per heavy atom. The highest BCUT2D eigenvalue weighted by Gasteiger charge is 2.23. The van der Waals surface area contributed by atoms with E-state index in [9.17, 15) is 35.1 Å². The SMILES string of the molecule is Cc1ccc(-c2cc(=O)c3c(O)cc(O)c(-c4cc(-c5cc(=O)c6c(O)cc(O)cc6o5)ccc4O)c3o2)cc1. The van der Waals surface area contributed by atoms with Crippen LogP contribution in [0.4, 0.5) is 0 Å². The molecule has 6 rings (SSSR count). The minimum Gasteiger partial charge on any atom is -0.508 e. The summed E-state index contributed by atoms with van der Waals surface area (Å²) in [6.07, 6.45) is 0. The third-order valence-electron chi connectivity index (χ3n) is 6.64. The lowest BCUT2D eigenvalue weighted by Gasteiger charge is -2.14. The van der Waals surface area contributed by atoms with Crippen molar-refractivity contribution in [2.24, 2.45) is 0 Å². The topological polar surface area (TPSA) is 162 Å². The van der Waals surface area contributed by atoms with E-state index >= 15 is 0 Å². The van der Waals surface area contributed by atoms with Crippen molar-refractivity contribution in [2.45, 2.75) is 6.92 Å². The van der Waals surface area contributed by atoms with Gasteiger partial charge in [0, 0.05) is 47.0 Å². The highest BCUT2D eigenvalue weighted by Crippen LogP contribution is 2.45. The van der Waals surface area contributed by atoms with Gasteiger partial charge < -0.3 is 34.4 Å². The van der Waals surface area contributed by atoms with Crippen LogP contribution in [0, 0.1) is 6.92 Å². The fraction of sp³-hybridized carbons (Fsp3) is 0.0323. The van der Waals surface area contributed by atoms with Crippen molar-refractivity contribution in [3.05, 3.63) is 98.8 Å². The van der Waals surface area contributed by atoms with E-state index in [4.69, 9.17) is 8.83 Å². The lowest BCUT2D eigenvalue weighted by molar-refractivity contribution is 0.451. The van der Waals surface area contributed by atoms with Gasteiger partial charge in [-0.15, -0.1) is 0 Å². The van der Waals surface area contributed by atoms with Gasteiger partial charge in [-0.1, -0.05) is 29.8 Å². The van der Waals surface area contributed by atoms with Gasteiger partial charge in [-0.25, -0.2) is 0 Å². The van der Waals surface area contributed by atoms with E-state index in [0.717, 1.165) is 23.8 Å². The Kier molecular flexibility index (Phi) is 5.51. The molecule has 0 spiro atoms. The van der Waals surface area contributed by atoms with Crippen LogP contribution in [0.1, 0.15) is 5.56 Å². The molecule has 4 aromatic carbocycles. The Bertz CT molecular complexity index is 2100. The zero-order chi connectivity index (χ0) is 28.3. The van der Waals surface area contributed by atoms with Crippen LogP contribution in [-0.4, -0.2) is 25.5 Å². The van der Waals surface area contributed by atoms with Gasteiger partial charge in [-0.3, -0.25) is 9.59 Å². The molecule has 0 radical (unpaired) electrons. The summed E-state index contributed by atoms with van der Waals surface area (Å²) in [5, 5.41) is 51.8. The van der Waals surface area contributed by atoms with Crippen LogP contribution in [0.25, 0.3) is 55.7 Å². The summed E-state index contributed by atoms with van der Waals surface area (Å²) in [5.74, 6) is -1.81. The van der Waals surface area contributed by atoms with E-state index < -0.39 is 28.1 Å². The van der Waals surface area contributed by atoms with Crippen molar-refractivity contribution in [1.29, 1.82) is 0 Å². The second-order valence-corrected chi connectivity index (χ2v) is 9.38. The number of phenolic OH excluding ortho intramolecular Hbond substituents is 5. The molecule has 9 heteroatoms. The lowest BCUT2D eigenvalue weighted by atomic mass is 9.97. The van der Waals surface area contributed by atoms with Gasteiger partial charge in [0.25, 0.3) is 0 Å². The quantitative estimate of drug-likeness (QED) is 0.190. The van der Waals surface area contributed by atoms with Crippen LogP contribution < -0.4 is 10.9 Å². The third kappa shape index (κ3) is 3.97. The Morgan fingerprint density at radius 3 is 1.93 bits per heavy atom. The summed E-state index contributed by atoms with van der Waals surface area (Å²) in [6, 6.07) is 16.9. The van der Waals surface area contributed by atoms with E-state index in [2.05, 4.69) is 0 Å². The first kappa shape index (κ1) is 24.6. The second kappa shape index (κ2) is 8.95. The van der Waals surface area contributed by atoms with Crippen molar-refractivity contribution >= 4 is 21.9 Å². The van der Waals surface area contributed by atoms with Crippen LogP contribution in [0.3, 0.4) is 0 Å². The van der Waals surface area contributed by atoms with Gasteiger partial charge >= 0.3 is 0 Å². The van der Waals surface area contributed by atoms with Crippen LogP contribution in [0.5, 0.6) is 28.7 Å². The van der Waals surface area contributed by atoms with Crippen molar-refractivity contribution in [3.63, 3.8) is 0 Å². The number of hydrogen-bond donors (Lipinski definition) is 5. The molecule has 9 nitrogen and oxygen atoms in total. The van der Waals surface area contributed by atoms with E-state index in [0.29, 0.717) is 5.56 Å². The van der Waals surface area contributed by atoms with Gasteiger partial charge in [0.1, 0.15) is 56.6 Å². The number of aromatic hydroxyl groups is 5. The number of hydrogen-bond acceptors (Lipinski definition) is 9. The smallest absolute Gasteiger partial charge is 0.197 e. The average molecular weight is 536 g/mol. The number of aryl methyl sites for hydroxylation is 1. The van der Waals surface area contributed by atoms with Crippen LogP contribution in [-0.2, 0) is 0 Å². The minimum atomic E-state index is -0.574. The molecule has 5 N–H and O–H groups in total. The summed E-state index contributed by atoms with van der Waals surface area (Å²) in [6.45, 7) is 1.91. The molecular formula is C31H20O9. The third-order valence-corrected chi connectivity index (χ3v) is 6.64. The average Bonchev–Trinajstić information content (AvgIpc) is 2.89. The molecule has 0 fully saturated rings. The maximum absolute atomic E-state index is 13.1.